The molecule has 0 saturated heterocycles. The molecule has 0 spiro atoms. The summed E-state index contributed by atoms with van der Waals surface area (Å²) in [6.45, 7) is 0. The molecule has 4 nitrogen and oxygen atoms in total. The van der Waals surface area contributed by atoms with Crippen LogP contribution in [0.2, 0.25) is 0 Å². The fraction of sp³-hybridized carbons (Fsp3) is 0.778. The summed E-state index contributed by atoms with van der Waals surface area (Å²) in [7, 11) is 1.29. The van der Waals surface area contributed by atoms with Crippen molar-refractivity contribution >= 4 is 24.6 Å². The van der Waals surface area contributed by atoms with Crippen molar-refractivity contribution in [2.24, 2.45) is 11.8 Å². The number of carboxylic acids is 1. The molecule has 1 saturated carbocycles. The topological polar surface area (TPSA) is 63.6 Å². The van der Waals surface area contributed by atoms with Gasteiger partial charge in [-0.2, -0.15) is 12.6 Å². The predicted molar refractivity (Wildman–Crippen MR) is 53.3 cm³/mol. The fourth-order valence-corrected chi connectivity index (χ4v) is 2.23. The third-order valence-corrected chi connectivity index (χ3v) is 3.11. The molecular formula is C9H14O4S. The van der Waals surface area contributed by atoms with E-state index in [1.165, 1.54) is 7.11 Å². The van der Waals surface area contributed by atoms with E-state index in [9.17, 15) is 9.59 Å². The second-order valence-corrected chi connectivity index (χ2v) is 4.27. The Balaban J connectivity index is 2.72. The number of thiol groups is 1. The number of rotatable bonds is 2. The highest BCUT2D eigenvalue weighted by Gasteiger charge is 2.38. The van der Waals surface area contributed by atoms with E-state index in [1.807, 2.05) is 0 Å². The number of methoxy groups -OCH3 is 1. The first kappa shape index (κ1) is 11.4. The first-order chi connectivity index (χ1) is 6.56. The van der Waals surface area contributed by atoms with E-state index < -0.39 is 23.8 Å². The van der Waals surface area contributed by atoms with Gasteiger partial charge in [0.15, 0.2) is 0 Å². The van der Waals surface area contributed by atoms with E-state index in [0.29, 0.717) is 12.8 Å². The van der Waals surface area contributed by atoms with Crippen molar-refractivity contribution in [3.05, 3.63) is 0 Å². The van der Waals surface area contributed by atoms with Crippen molar-refractivity contribution in [2.75, 3.05) is 7.11 Å². The Bertz CT molecular complexity index is 241. The molecule has 3 atom stereocenters. The quantitative estimate of drug-likeness (QED) is 0.535. The average Bonchev–Trinajstić information content (AvgIpc) is 2.16. The first-order valence-corrected chi connectivity index (χ1v) is 5.06. The molecule has 0 bridgehead atoms. The van der Waals surface area contributed by atoms with Crippen molar-refractivity contribution in [3.8, 4) is 0 Å². The van der Waals surface area contributed by atoms with Crippen LogP contribution in [0.5, 0.6) is 0 Å². The maximum absolute atomic E-state index is 11.3. The molecule has 14 heavy (non-hydrogen) atoms. The molecule has 0 aromatic carbocycles. The molecule has 0 aliphatic heterocycles. The van der Waals surface area contributed by atoms with Crippen LogP contribution < -0.4 is 0 Å². The van der Waals surface area contributed by atoms with Gasteiger partial charge in [0.05, 0.1) is 18.9 Å². The van der Waals surface area contributed by atoms with Crippen molar-refractivity contribution in [1.29, 1.82) is 0 Å². The van der Waals surface area contributed by atoms with Crippen LogP contribution in [0.4, 0.5) is 0 Å². The van der Waals surface area contributed by atoms with E-state index in [0.717, 1.165) is 6.42 Å². The number of hydrogen-bond acceptors (Lipinski definition) is 4. The lowest BCUT2D eigenvalue weighted by molar-refractivity contribution is -0.157. The summed E-state index contributed by atoms with van der Waals surface area (Å²) in [4.78, 5) is 22.2. The van der Waals surface area contributed by atoms with Gasteiger partial charge in [-0.1, -0.05) is 0 Å². The van der Waals surface area contributed by atoms with Gasteiger partial charge < -0.3 is 9.84 Å². The average molecular weight is 218 g/mol. The number of hydrogen-bond donors (Lipinski definition) is 2. The molecule has 1 fully saturated rings. The largest absolute Gasteiger partial charge is 0.481 e. The van der Waals surface area contributed by atoms with Crippen LogP contribution >= 0.6 is 12.6 Å². The van der Waals surface area contributed by atoms with E-state index in [2.05, 4.69) is 17.4 Å². The standard InChI is InChI=1S/C9H14O4S/c1-13-9(12)6-3-2-5(14)4-7(6)8(10)11/h5-7,14H,2-4H2,1H3,(H,10,11). The maximum atomic E-state index is 11.3. The smallest absolute Gasteiger partial charge is 0.309 e. The number of esters is 1. The van der Waals surface area contributed by atoms with E-state index in [1.54, 1.807) is 0 Å². The molecule has 0 aromatic rings. The molecule has 5 heteroatoms. The Morgan fingerprint density at radius 1 is 1.36 bits per heavy atom. The number of aliphatic carboxylic acids is 1. The summed E-state index contributed by atoms with van der Waals surface area (Å²) >= 11 is 4.24. The van der Waals surface area contributed by atoms with Crippen molar-refractivity contribution in [2.45, 2.75) is 24.5 Å². The van der Waals surface area contributed by atoms with Crippen LogP contribution in [0, 0.1) is 11.8 Å². The van der Waals surface area contributed by atoms with Gasteiger partial charge in [-0.05, 0) is 19.3 Å². The summed E-state index contributed by atoms with van der Waals surface area (Å²) in [6, 6.07) is 0. The van der Waals surface area contributed by atoms with Crippen LogP contribution in [0.25, 0.3) is 0 Å². The highest BCUT2D eigenvalue weighted by atomic mass is 32.1. The molecule has 1 rings (SSSR count). The van der Waals surface area contributed by atoms with Gasteiger partial charge >= 0.3 is 11.9 Å². The SMILES string of the molecule is COC(=O)C1CCC(S)CC1C(=O)O. The maximum Gasteiger partial charge on any atom is 0.309 e. The molecule has 3 unspecified atom stereocenters. The Morgan fingerprint density at radius 2 is 2.00 bits per heavy atom. The van der Waals surface area contributed by atoms with Crippen LogP contribution in [0.3, 0.4) is 0 Å². The molecule has 0 aromatic heterocycles. The highest BCUT2D eigenvalue weighted by molar-refractivity contribution is 7.80. The van der Waals surface area contributed by atoms with Crippen molar-refractivity contribution in [1.82, 2.24) is 0 Å². The molecule has 1 aliphatic carbocycles. The van der Waals surface area contributed by atoms with Gasteiger partial charge in [0.2, 0.25) is 0 Å². The fourth-order valence-electron chi connectivity index (χ4n) is 1.85. The second-order valence-electron chi connectivity index (χ2n) is 3.54. The van der Waals surface area contributed by atoms with Crippen molar-refractivity contribution in [3.63, 3.8) is 0 Å². The minimum absolute atomic E-state index is 0.0806. The summed E-state index contributed by atoms with van der Waals surface area (Å²) in [5.41, 5.74) is 0. The van der Waals surface area contributed by atoms with Crippen LogP contribution in [-0.4, -0.2) is 29.4 Å². The number of carbonyl (C=O) groups excluding carboxylic acids is 1. The van der Waals surface area contributed by atoms with Crippen molar-refractivity contribution < 1.29 is 19.4 Å². The lowest BCUT2D eigenvalue weighted by Gasteiger charge is -2.29. The summed E-state index contributed by atoms with van der Waals surface area (Å²) in [5, 5.41) is 9.01. The number of ether oxygens (including phenoxy) is 1. The summed E-state index contributed by atoms with van der Waals surface area (Å²) < 4.78 is 4.58. The number of carboxylic acid groups (broad SMARTS) is 1. The normalized spacial score (nSPS) is 32.3. The third-order valence-electron chi connectivity index (χ3n) is 2.64. The predicted octanol–water partition coefficient (Wildman–Crippen LogP) is 0.959. The zero-order chi connectivity index (χ0) is 10.7. The monoisotopic (exact) mass is 218 g/mol. The van der Waals surface area contributed by atoms with Gasteiger partial charge in [-0.3, -0.25) is 9.59 Å². The minimum Gasteiger partial charge on any atom is -0.481 e. The Morgan fingerprint density at radius 3 is 2.50 bits per heavy atom. The van der Waals surface area contributed by atoms with Gasteiger partial charge in [0, 0.05) is 5.25 Å². The first-order valence-electron chi connectivity index (χ1n) is 4.55. The van der Waals surface area contributed by atoms with E-state index >= 15 is 0 Å². The molecule has 1 N–H and O–H groups in total. The zero-order valence-electron chi connectivity index (χ0n) is 7.97. The third kappa shape index (κ3) is 2.41. The lowest BCUT2D eigenvalue weighted by atomic mass is 9.79. The van der Waals surface area contributed by atoms with Gasteiger partial charge in [0.1, 0.15) is 0 Å². The van der Waals surface area contributed by atoms with Crippen LogP contribution in [-0.2, 0) is 14.3 Å². The molecule has 0 amide bonds. The van der Waals surface area contributed by atoms with Crippen LogP contribution in [0.1, 0.15) is 19.3 Å². The van der Waals surface area contributed by atoms with Gasteiger partial charge in [-0.15, -0.1) is 0 Å². The summed E-state index contributed by atoms with van der Waals surface area (Å²) in [6.07, 6.45) is 1.77. The Labute approximate surface area is 88.0 Å². The Kier molecular flexibility index (Phi) is 3.80. The van der Waals surface area contributed by atoms with E-state index in [4.69, 9.17) is 5.11 Å². The molecule has 80 valence electrons. The van der Waals surface area contributed by atoms with Gasteiger partial charge in [0.25, 0.3) is 0 Å². The lowest BCUT2D eigenvalue weighted by Crippen LogP contribution is -2.36. The summed E-state index contributed by atoms with van der Waals surface area (Å²) in [5.74, 6) is -2.49. The molecular weight excluding hydrogens is 204 g/mol. The van der Waals surface area contributed by atoms with Gasteiger partial charge in [-0.25, -0.2) is 0 Å². The zero-order valence-corrected chi connectivity index (χ0v) is 8.87. The molecule has 1 aliphatic rings. The Hall–Kier alpha value is -0.710. The molecule has 0 heterocycles. The van der Waals surface area contributed by atoms with Crippen LogP contribution in [0.15, 0.2) is 0 Å². The van der Waals surface area contributed by atoms with E-state index in [-0.39, 0.29) is 5.25 Å². The number of carbonyl (C=O) groups is 2. The molecule has 0 radical (unpaired) electrons. The highest BCUT2D eigenvalue weighted by Crippen LogP contribution is 2.33. The minimum atomic E-state index is -0.931. The second kappa shape index (κ2) is 4.68.